The van der Waals surface area contributed by atoms with Gasteiger partial charge in [-0.05, 0) is 24.0 Å². The predicted octanol–water partition coefficient (Wildman–Crippen LogP) is 3.67. The molecule has 0 radical (unpaired) electrons. The van der Waals surface area contributed by atoms with Gasteiger partial charge in [-0.2, -0.15) is 0 Å². The smallest absolute Gasteiger partial charge is 0.149 e. The van der Waals surface area contributed by atoms with Gasteiger partial charge in [-0.25, -0.2) is 9.37 Å². The monoisotopic (exact) mass is 233 g/mol. The van der Waals surface area contributed by atoms with Gasteiger partial charge >= 0.3 is 0 Å². The summed E-state index contributed by atoms with van der Waals surface area (Å²) >= 11 is 0. The van der Waals surface area contributed by atoms with Crippen molar-refractivity contribution < 1.29 is 9.50 Å². The van der Waals surface area contributed by atoms with E-state index in [1.807, 2.05) is 0 Å². The molecule has 3 heteroatoms. The summed E-state index contributed by atoms with van der Waals surface area (Å²) in [5.74, 6) is -0.212. The third-order valence-corrected chi connectivity index (χ3v) is 2.55. The summed E-state index contributed by atoms with van der Waals surface area (Å²) in [6.45, 7) is 6.17. The van der Waals surface area contributed by atoms with Crippen LogP contribution < -0.4 is 0 Å². The molecule has 1 N–H and O–H groups in total. The number of aromatic hydroxyl groups is 1. The third kappa shape index (κ3) is 2.54. The molecule has 0 saturated heterocycles. The average Bonchev–Trinajstić information content (AvgIpc) is 2.18. The van der Waals surface area contributed by atoms with E-state index >= 15 is 0 Å². The highest BCUT2D eigenvalue weighted by atomic mass is 19.1. The molecule has 0 saturated carbocycles. The Morgan fingerprint density at radius 3 is 2.65 bits per heavy atom. The second kappa shape index (κ2) is 3.99. The van der Waals surface area contributed by atoms with Gasteiger partial charge in [-0.15, -0.1) is 0 Å². The van der Waals surface area contributed by atoms with Crippen molar-refractivity contribution >= 4 is 10.9 Å². The fourth-order valence-electron chi connectivity index (χ4n) is 1.82. The van der Waals surface area contributed by atoms with E-state index in [2.05, 4.69) is 25.8 Å². The highest BCUT2D eigenvalue weighted by molar-refractivity contribution is 5.80. The van der Waals surface area contributed by atoms with Crippen molar-refractivity contribution in [2.75, 3.05) is 0 Å². The van der Waals surface area contributed by atoms with Gasteiger partial charge in [0.15, 0.2) is 0 Å². The second-order valence-corrected chi connectivity index (χ2v) is 5.50. The number of hydrogen-bond acceptors (Lipinski definition) is 2. The van der Waals surface area contributed by atoms with Crippen LogP contribution in [0.5, 0.6) is 5.75 Å². The lowest BCUT2D eigenvalue weighted by atomic mass is 9.90. The first-order valence-electron chi connectivity index (χ1n) is 5.64. The number of pyridine rings is 1. The zero-order valence-corrected chi connectivity index (χ0v) is 10.3. The van der Waals surface area contributed by atoms with Crippen LogP contribution >= 0.6 is 0 Å². The van der Waals surface area contributed by atoms with Gasteiger partial charge in [0.1, 0.15) is 17.1 Å². The zero-order valence-electron chi connectivity index (χ0n) is 10.3. The molecule has 0 unspecified atom stereocenters. The Bertz CT molecular complexity index is 558. The van der Waals surface area contributed by atoms with Crippen molar-refractivity contribution in [2.24, 2.45) is 5.41 Å². The number of nitrogens with zero attached hydrogens (tertiary/aromatic N) is 1. The summed E-state index contributed by atoms with van der Waals surface area (Å²) in [5.41, 5.74) is 0.878. The summed E-state index contributed by atoms with van der Waals surface area (Å²) in [5, 5.41) is 10.5. The van der Waals surface area contributed by atoms with E-state index in [-0.39, 0.29) is 17.0 Å². The molecule has 0 amide bonds. The normalized spacial score (nSPS) is 12.0. The molecule has 17 heavy (non-hydrogen) atoms. The van der Waals surface area contributed by atoms with Crippen LogP contribution in [0.25, 0.3) is 10.9 Å². The largest absolute Gasteiger partial charge is 0.506 e. The van der Waals surface area contributed by atoms with Crippen molar-refractivity contribution in [3.8, 4) is 5.75 Å². The van der Waals surface area contributed by atoms with Crippen LogP contribution in [0.15, 0.2) is 24.3 Å². The van der Waals surface area contributed by atoms with E-state index in [1.54, 1.807) is 18.2 Å². The minimum absolute atomic E-state index is 0.00339. The topological polar surface area (TPSA) is 33.1 Å². The van der Waals surface area contributed by atoms with Crippen LogP contribution in [-0.4, -0.2) is 10.1 Å². The van der Waals surface area contributed by atoms with E-state index in [9.17, 15) is 9.50 Å². The Kier molecular flexibility index (Phi) is 2.77. The van der Waals surface area contributed by atoms with E-state index in [0.29, 0.717) is 23.0 Å². The molecule has 0 bridgehead atoms. The summed E-state index contributed by atoms with van der Waals surface area (Å²) in [7, 11) is 0. The van der Waals surface area contributed by atoms with Crippen molar-refractivity contribution in [2.45, 2.75) is 27.2 Å². The highest BCUT2D eigenvalue weighted by Crippen LogP contribution is 2.28. The predicted molar refractivity (Wildman–Crippen MR) is 66.5 cm³/mol. The molecule has 0 aliphatic carbocycles. The number of para-hydroxylation sites is 1. The quantitative estimate of drug-likeness (QED) is 0.815. The minimum atomic E-state index is -0.349. The van der Waals surface area contributed by atoms with Crippen LogP contribution in [0.2, 0.25) is 0 Å². The standard InChI is InChI=1S/C14H16FNO/c1-14(2,3)8-11-12(17)7-9-5-4-6-10(15)13(9)16-11/h4-7,17H,8H2,1-3H3. The lowest BCUT2D eigenvalue weighted by Crippen LogP contribution is -2.10. The molecule has 1 heterocycles. The number of halogens is 1. The second-order valence-electron chi connectivity index (χ2n) is 5.50. The lowest BCUT2D eigenvalue weighted by Gasteiger charge is -2.18. The number of hydrogen-bond donors (Lipinski definition) is 1. The molecule has 2 nitrogen and oxygen atoms in total. The Balaban J connectivity index is 2.58. The Morgan fingerprint density at radius 2 is 2.00 bits per heavy atom. The molecule has 2 rings (SSSR count). The number of aromatic nitrogens is 1. The first-order chi connectivity index (χ1) is 7.87. The van der Waals surface area contributed by atoms with Gasteiger partial charge in [0.25, 0.3) is 0 Å². The van der Waals surface area contributed by atoms with Gasteiger partial charge < -0.3 is 5.11 Å². The highest BCUT2D eigenvalue weighted by Gasteiger charge is 2.16. The Morgan fingerprint density at radius 1 is 1.29 bits per heavy atom. The molecule has 90 valence electrons. The molecular formula is C14H16FNO. The van der Waals surface area contributed by atoms with Crippen molar-refractivity contribution in [3.63, 3.8) is 0 Å². The SMILES string of the molecule is CC(C)(C)Cc1nc2c(F)cccc2cc1O. The first-order valence-corrected chi connectivity index (χ1v) is 5.64. The van der Waals surface area contributed by atoms with Crippen molar-refractivity contribution in [1.82, 2.24) is 4.98 Å². The lowest BCUT2D eigenvalue weighted by molar-refractivity contribution is 0.389. The van der Waals surface area contributed by atoms with Gasteiger partial charge in [-0.3, -0.25) is 0 Å². The van der Waals surface area contributed by atoms with E-state index in [4.69, 9.17) is 0 Å². The Labute approximate surface area is 100 Å². The number of fused-ring (bicyclic) bond motifs is 1. The average molecular weight is 233 g/mol. The van der Waals surface area contributed by atoms with Gasteiger partial charge in [0.2, 0.25) is 0 Å². The molecule has 0 aliphatic heterocycles. The summed E-state index contributed by atoms with van der Waals surface area (Å²) in [6, 6.07) is 6.31. The maximum Gasteiger partial charge on any atom is 0.149 e. The molecule has 1 aromatic heterocycles. The fourth-order valence-corrected chi connectivity index (χ4v) is 1.82. The van der Waals surface area contributed by atoms with E-state index in [0.717, 1.165) is 0 Å². The third-order valence-electron chi connectivity index (χ3n) is 2.55. The van der Waals surface area contributed by atoms with E-state index in [1.165, 1.54) is 6.07 Å². The Hall–Kier alpha value is -1.64. The molecular weight excluding hydrogens is 217 g/mol. The number of benzene rings is 1. The summed E-state index contributed by atoms with van der Waals surface area (Å²) in [4.78, 5) is 4.23. The van der Waals surface area contributed by atoms with Crippen LogP contribution in [-0.2, 0) is 6.42 Å². The van der Waals surface area contributed by atoms with E-state index < -0.39 is 0 Å². The molecule has 2 aromatic rings. The summed E-state index contributed by atoms with van der Waals surface area (Å²) < 4.78 is 13.6. The molecule has 0 spiro atoms. The number of rotatable bonds is 1. The van der Waals surface area contributed by atoms with Gasteiger partial charge in [0, 0.05) is 5.39 Å². The molecule has 1 aromatic carbocycles. The first kappa shape index (κ1) is 11.8. The van der Waals surface area contributed by atoms with Crippen LogP contribution in [0.3, 0.4) is 0 Å². The molecule has 0 aliphatic rings. The van der Waals surface area contributed by atoms with Crippen LogP contribution in [0.4, 0.5) is 4.39 Å². The molecule has 0 atom stereocenters. The van der Waals surface area contributed by atoms with Gasteiger partial charge in [0.05, 0.1) is 5.69 Å². The van der Waals surface area contributed by atoms with Crippen molar-refractivity contribution in [3.05, 3.63) is 35.8 Å². The van der Waals surface area contributed by atoms with Crippen LogP contribution in [0.1, 0.15) is 26.5 Å². The maximum absolute atomic E-state index is 13.6. The van der Waals surface area contributed by atoms with Crippen molar-refractivity contribution in [1.29, 1.82) is 0 Å². The maximum atomic E-state index is 13.6. The summed E-state index contributed by atoms with van der Waals surface area (Å²) in [6.07, 6.45) is 0.614. The van der Waals surface area contributed by atoms with Crippen LogP contribution in [0, 0.1) is 11.2 Å². The molecule has 0 fully saturated rings. The van der Waals surface area contributed by atoms with Gasteiger partial charge in [-0.1, -0.05) is 32.9 Å². The zero-order chi connectivity index (χ0) is 12.6. The minimum Gasteiger partial charge on any atom is -0.506 e. The fraction of sp³-hybridized carbons (Fsp3) is 0.357.